The van der Waals surface area contributed by atoms with Gasteiger partial charge in [-0.3, -0.25) is 4.79 Å². The number of carbonyl (C=O) groups is 2. The van der Waals surface area contributed by atoms with Crippen molar-refractivity contribution in [2.45, 2.75) is 13.0 Å². The molecule has 0 aliphatic heterocycles. The Morgan fingerprint density at radius 2 is 1.70 bits per heavy atom. The topological polar surface area (TPSA) is 68.3 Å². The first kappa shape index (κ1) is 19.4. The zero-order valence-corrected chi connectivity index (χ0v) is 16.3. The summed E-state index contributed by atoms with van der Waals surface area (Å²) in [5.41, 5.74) is 1.04. The molecule has 138 valence electrons. The van der Waals surface area contributed by atoms with Crippen LogP contribution in [-0.2, 0) is 9.53 Å². The van der Waals surface area contributed by atoms with Crippen molar-refractivity contribution in [2.24, 2.45) is 0 Å². The van der Waals surface area contributed by atoms with E-state index in [1.54, 1.807) is 18.2 Å². The molecule has 0 saturated heterocycles. The summed E-state index contributed by atoms with van der Waals surface area (Å²) < 4.78 is 5.20. The number of nitrogens with one attached hydrogen (secondary N) is 1. The van der Waals surface area contributed by atoms with Crippen molar-refractivity contribution < 1.29 is 14.3 Å². The number of nitrogens with zero attached hydrogens (tertiary/aromatic N) is 1. The molecule has 0 fully saturated rings. The number of ether oxygens (including phenoxy) is 1. The fraction of sp³-hybridized carbons (Fsp3) is 0.105. The summed E-state index contributed by atoms with van der Waals surface area (Å²) >= 11 is 17.8. The van der Waals surface area contributed by atoms with Crippen LogP contribution in [0, 0.1) is 0 Å². The smallest absolute Gasteiger partial charge is 0.357 e. The summed E-state index contributed by atoms with van der Waals surface area (Å²) in [6.07, 6.45) is -1.07. The van der Waals surface area contributed by atoms with E-state index < -0.39 is 18.0 Å². The van der Waals surface area contributed by atoms with Crippen LogP contribution < -0.4 is 5.32 Å². The minimum atomic E-state index is -1.07. The van der Waals surface area contributed by atoms with Crippen LogP contribution in [0.1, 0.15) is 17.4 Å². The van der Waals surface area contributed by atoms with Crippen LogP contribution in [0.25, 0.3) is 10.9 Å². The third-order valence-electron chi connectivity index (χ3n) is 3.73. The van der Waals surface area contributed by atoms with Gasteiger partial charge < -0.3 is 10.1 Å². The van der Waals surface area contributed by atoms with Crippen molar-refractivity contribution in [3.05, 3.63) is 69.3 Å². The SMILES string of the molecule is CC(OC(=O)c1ccc2ccccc2n1)C(=O)Nc1cc(Cl)c(Cl)cc1Cl. The van der Waals surface area contributed by atoms with Gasteiger partial charge in [0, 0.05) is 5.39 Å². The fourth-order valence-corrected chi connectivity index (χ4v) is 2.90. The molecule has 1 unspecified atom stereocenters. The van der Waals surface area contributed by atoms with E-state index in [-0.39, 0.29) is 26.4 Å². The number of amides is 1. The highest BCUT2D eigenvalue weighted by atomic mass is 35.5. The van der Waals surface area contributed by atoms with Gasteiger partial charge in [0.2, 0.25) is 0 Å². The number of esters is 1. The number of carbonyl (C=O) groups excluding carboxylic acids is 2. The Morgan fingerprint density at radius 3 is 2.48 bits per heavy atom. The van der Waals surface area contributed by atoms with E-state index in [1.807, 2.05) is 18.2 Å². The average molecular weight is 424 g/mol. The van der Waals surface area contributed by atoms with Gasteiger partial charge in [-0.25, -0.2) is 9.78 Å². The van der Waals surface area contributed by atoms with E-state index in [9.17, 15) is 9.59 Å². The van der Waals surface area contributed by atoms with Gasteiger partial charge in [-0.1, -0.05) is 59.1 Å². The number of para-hydroxylation sites is 1. The summed E-state index contributed by atoms with van der Waals surface area (Å²) in [6.45, 7) is 1.44. The molecule has 27 heavy (non-hydrogen) atoms. The quantitative estimate of drug-likeness (QED) is 0.452. The van der Waals surface area contributed by atoms with Crippen LogP contribution in [0.15, 0.2) is 48.5 Å². The number of rotatable bonds is 4. The second-order valence-electron chi connectivity index (χ2n) is 5.67. The minimum absolute atomic E-state index is 0.112. The number of fused-ring (bicyclic) bond motifs is 1. The molecule has 0 radical (unpaired) electrons. The molecule has 3 aromatic rings. The molecule has 3 rings (SSSR count). The number of anilines is 1. The Balaban J connectivity index is 1.70. The number of hydrogen-bond acceptors (Lipinski definition) is 4. The highest BCUT2D eigenvalue weighted by Gasteiger charge is 2.21. The van der Waals surface area contributed by atoms with Crippen LogP contribution >= 0.6 is 34.8 Å². The fourth-order valence-electron chi connectivity index (χ4n) is 2.31. The predicted molar refractivity (Wildman–Crippen MR) is 107 cm³/mol. The van der Waals surface area contributed by atoms with Gasteiger partial charge in [-0.05, 0) is 31.2 Å². The molecule has 2 aromatic carbocycles. The Kier molecular flexibility index (Phi) is 5.85. The molecule has 0 spiro atoms. The van der Waals surface area contributed by atoms with E-state index in [0.717, 1.165) is 5.39 Å². The van der Waals surface area contributed by atoms with Gasteiger partial charge in [0.05, 0.1) is 26.3 Å². The van der Waals surface area contributed by atoms with E-state index in [0.29, 0.717) is 5.52 Å². The zero-order chi connectivity index (χ0) is 19.6. The zero-order valence-electron chi connectivity index (χ0n) is 14.0. The molecule has 8 heteroatoms. The Bertz CT molecular complexity index is 1040. The molecule has 1 heterocycles. The van der Waals surface area contributed by atoms with Gasteiger partial charge in [-0.2, -0.15) is 0 Å². The molecule has 5 nitrogen and oxygen atoms in total. The Morgan fingerprint density at radius 1 is 1.00 bits per heavy atom. The molecule has 0 aliphatic rings. The lowest BCUT2D eigenvalue weighted by Crippen LogP contribution is -2.30. The molecule has 0 bridgehead atoms. The van der Waals surface area contributed by atoms with Crippen molar-refractivity contribution in [3.63, 3.8) is 0 Å². The average Bonchev–Trinajstić information content (AvgIpc) is 2.65. The number of halogens is 3. The first-order valence-electron chi connectivity index (χ1n) is 7.87. The second kappa shape index (κ2) is 8.13. The lowest BCUT2D eigenvalue weighted by molar-refractivity contribution is -0.123. The second-order valence-corrected chi connectivity index (χ2v) is 6.89. The van der Waals surface area contributed by atoms with Crippen molar-refractivity contribution in [1.29, 1.82) is 0 Å². The van der Waals surface area contributed by atoms with E-state index in [2.05, 4.69) is 10.3 Å². The molecule has 1 N–H and O–H groups in total. The van der Waals surface area contributed by atoms with Crippen LogP contribution in [0.3, 0.4) is 0 Å². The molecule has 0 aliphatic carbocycles. The summed E-state index contributed by atoms with van der Waals surface area (Å²) in [5.74, 6) is -1.27. The Hall–Kier alpha value is -2.34. The predicted octanol–water partition coefficient (Wildman–Crippen LogP) is 5.38. The van der Waals surface area contributed by atoms with Gasteiger partial charge >= 0.3 is 5.97 Å². The molecule has 0 saturated carbocycles. The van der Waals surface area contributed by atoms with Crippen LogP contribution in [0.5, 0.6) is 0 Å². The highest BCUT2D eigenvalue weighted by Crippen LogP contribution is 2.32. The largest absolute Gasteiger partial charge is 0.448 e. The number of pyridine rings is 1. The first-order valence-corrected chi connectivity index (χ1v) is 9.00. The summed E-state index contributed by atoms with van der Waals surface area (Å²) in [6, 6.07) is 13.5. The monoisotopic (exact) mass is 422 g/mol. The molecule has 1 amide bonds. The van der Waals surface area contributed by atoms with Crippen molar-refractivity contribution in [1.82, 2.24) is 4.98 Å². The number of benzene rings is 2. The number of aromatic nitrogens is 1. The van der Waals surface area contributed by atoms with Crippen LogP contribution in [0.2, 0.25) is 15.1 Å². The van der Waals surface area contributed by atoms with Gasteiger partial charge in [0.1, 0.15) is 5.69 Å². The summed E-state index contributed by atoms with van der Waals surface area (Å²) in [5, 5.41) is 4.17. The van der Waals surface area contributed by atoms with E-state index in [4.69, 9.17) is 39.5 Å². The Labute approximate surface area is 170 Å². The first-order chi connectivity index (χ1) is 12.8. The highest BCUT2D eigenvalue weighted by molar-refractivity contribution is 6.44. The maximum absolute atomic E-state index is 12.3. The summed E-state index contributed by atoms with van der Waals surface area (Å²) in [4.78, 5) is 28.8. The van der Waals surface area contributed by atoms with E-state index in [1.165, 1.54) is 19.1 Å². The molecular weight excluding hydrogens is 411 g/mol. The van der Waals surface area contributed by atoms with Crippen LogP contribution in [-0.4, -0.2) is 23.0 Å². The van der Waals surface area contributed by atoms with Crippen molar-refractivity contribution >= 4 is 63.3 Å². The maximum atomic E-state index is 12.3. The van der Waals surface area contributed by atoms with Gasteiger partial charge in [0.15, 0.2) is 6.10 Å². The molecule has 1 atom stereocenters. The minimum Gasteiger partial charge on any atom is -0.448 e. The van der Waals surface area contributed by atoms with Gasteiger partial charge in [-0.15, -0.1) is 0 Å². The van der Waals surface area contributed by atoms with Crippen molar-refractivity contribution in [3.8, 4) is 0 Å². The lowest BCUT2D eigenvalue weighted by atomic mass is 10.2. The lowest BCUT2D eigenvalue weighted by Gasteiger charge is -2.14. The maximum Gasteiger partial charge on any atom is 0.357 e. The number of hydrogen-bond donors (Lipinski definition) is 1. The normalized spacial score (nSPS) is 11.9. The van der Waals surface area contributed by atoms with E-state index >= 15 is 0 Å². The molecule has 1 aromatic heterocycles. The standard InChI is InChI=1S/C19H13Cl3N2O3/c1-10(18(25)24-17-9-13(21)12(20)8-14(17)22)27-19(26)16-7-6-11-4-2-3-5-15(11)23-16/h2-10H,1H3,(H,24,25). The van der Waals surface area contributed by atoms with Crippen LogP contribution in [0.4, 0.5) is 5.69 Å². The van der Waals surface area contributed by atoms with Gasteiger partial charge in [0.25, 0.3) is 5.91 Å². The third kappa shape index (κ3) is 4.50. The van der Waals surface area contributed by atoms with Crippen molar-refractivity contribution in [2.75, 3.05) is 5.32 Å². The summed E-state index contributed by atoms with van der Waals surface area (Å²) in [7, 11) is 0. The molecular formula is C19H13Cl3N2O3. The third-order valence-corrected chi connectivity index (χ3v) is 4.76.